The summed E-state index contributed by atoms with van der Waals surface area (Å²) in [7, 11) is 0. The Morgan fingerprint density at radius 1 is 0.519 bits per heavy atom. The molecule has 0 aliphatic rings. The van der Waals surface area contributed by atoms with Gasteiger partial charge in [-0.2, -0.15) is 0 Å². The van der Waals surface area contributed by atoms with Gasteiger partial charge in [-0.3, -0.25) is 0 Å². The first-order chi connectivity index (χ1) is 13.0. The fraction of sp³-hybridized carbons (Fsp3) is 0.185. The van der Waals surface area contributed by atoms with E-state index in [4.69, 9.17) is 0 Å². The van der Waals surface area contributed by atoms with Crippen LogP contribution in [0.15, 0.2) is 91.0 Å². The lowest BCUT2D eigenvalue weighted by molar-refractivity contribution is 0.866. The van der Waals surface area contributed by atoms with Gasteiger partial charge in [-0.15, -0.1) is 0 Å². The summed E-state index contributed by atoms with van der Waals surface area (Å²) in [5.74, 6) is 0.653. The minimum Gasteiger partial charge on any atom is -0.0616 e. The molecule has 0 unspecified atom stereocenters. The van der Waals surface area contributed by atoms with Crippen molar-refractivity contribution in [3.8, 4) is 11.1 Å². The molecule has 0 spiro atoms. The molecule has 0 fully saturated rings. The molecular formula is C27H28. The summed E-state index contributed by atoms with van der Waals surface area (Å²) in [4.78, 5) is 0. The van der Waals surface area contributed by atoms with Gasteiger partial charge in [-0.25, -0.2) is 0 Å². The molecule has 0 radical (unpaired) electrons. The van der Waals surface area contributed by atoms with Gasteiger partial charge in [0.2, 0.25) is 0 Å². The third kappa shape index (κ3) is 5.08. The highest BCUT2D eigenvalue weighted by Crippen LogP contribution is 2.24. The molecule has 0 saturated carbocycles. The van der Waals surface area contributed by atoms with Crippen LogP contribution in [0.1, 0.15) is 36.5 Å². The second kappa shape index (κ2) is 8.68. The Morgan fingerprint density at radius 3 is 1.63 bits per heavy atom. The standard InChI is InChI=1S/C17H14.C10H14/c1-13-6-8-15(9-7-13)17-11-10-14-4-2-3-5-16(14)12-17;1-8(2)10-6-4-9(3)5-7-10/h2-12H,1H3;4-8H,1-3H3. The third-order valence-electron chi connectivity index (χ3n) is 4.88. The van der Waals surface area contributed by atoms with Crippen molar-refractivity contribution in [2.45, 2.75) is 33.6 Å². The van der Waals surface area contributed by atoms with Gasteiger partial charge in [0.1, 0.15) is 0 Å². The SMILES string of the molecule is Cc1ccc(-c2ccc3ccccc3c2)cc1.Cc1ccc(C(C)C)cc1. The van der Waals surface area contributed by atoms with Crippen LogP contribution in [0.4, 0.5) is 0 Å². The van der Waals surface area contributed by atoms with E-state index in [-0.39, 0.29) is 0 Å². The molecule has 0 atom stereocenters. The summed E-state index contributed by atoms with van der Waals surface area (Å²) < 4.78 is 0. The zero-order valence-corrected chi connectivity index (χ0v) is 16.7. The van der Waals surface area contributed by atoms with Gasteiger partial charge < -0.3 is 0 Å². The van der Waals surface area contributed by atoms with E-state index in [1.54, 1.807) is 0 Å². The van der Waals surface area contributed by atoms with Crippen LogP contribution >= 0.6 is 0 Å². The lowest BCUT2D eigenvalue weighted by Gasteiger charge is -2.04. The highest BCUT2D eigenvalue weighted by atomic mass is 14.0. The molecule has 0 aliphatic carbocycles. The number of hydrogen-bond donors (Lipinski definition) is 0. The Hall–Kier alpha value is -2.86. The van der Waals surface area contributed by atoms with Gasteiger partial charge in [0.15, 0.2) is 0 Å². The Kier molecular flexibility index (Phi) is 6.08. The van der Waals surface area contributed by atoms with E-state index in [1.165, 1.54) is 38.6 Å². The third-order valence-corrected chi connectivity index (χ3v) is 4.88. The monoisotopic (exact) mass is 352 g/mol. The minimum absolute atomic E-state index is 0.653. The van der Waals surface area contributed by atoms with Crippen LogP contribution in [-0.2, 0) is 0 Å². The molecule has 0 aliphatic heterocycles. The molecule has 0 N–H and O–H groups in total. The highest BCUT2D eigenvalue weighted by Gasteiger charge is 1.99. The lowest BCUT2D eigenvalue weighted by atomic mass is 10.0. The van der Waals surface area contributed by atoms with Gasteiger partial charge in [-0.05, 0) is 53.3 Å². The maximum absolute atomic E-state index is 2.25. The molecule has 27 heavy (non-hydrogen) atoms. The first kappa shape index (κ1) is 18.9. The Morgan fingerprint density at radius 2 is 1.04 bits per heavy atom. The van der Waals surface area contributed by atoms with Gasteiger partial charge in [0.05, 0.1) is 0 Å². The van der Waals surface area contributed by atoms with Crippen molar-refractivity contribution in [1.29, 1.82) is 0 Å². The largest absolute Gasteiger partial charge is 0.0616 e. The van der Waals surface area contributed by atoms with Gasteiger partial charge in [0.25, 0.3) is 0 Å². The Balaban J connectivity index is 0.000000180. The molecule has 4 aromatic carbocycles. The molecule has 0 heterocycles. The van der Waals surface area contributed by atoms with Crippen molar-refractivity contribution < 1.29 is 0 Å². The van der Waals surface area contributed by atoms with Crippen molar-refractivity contribution in [3.05, 3.63) is 108 Å². The number of fused-ring (bicyclic) bond motifs is 1. The molecule has 136 valence electrons. The predicted octanol–water partition coefficient (Wildman–Crippen LogP) is 7.93. The van der Waals surface area contributed by atoms with Crippen LogP contribution in [0, 0.1) is 13.8 Å². The summed E-state index contributed by atoms with van der Waals surface area (Å²) in [6, 6.07) is 32.5. The maximum Gasteiger partial charge on any atom is -0.0178 e. The zero-order valence-electron chi connectivity index (χ0n) is 16.7. The molecule has 0 aromatic heterocycles. The molecule has 0 amide bonds. The molecule has 4 aromatic rings. The van der Waals surface area contributed by atoms with Crippen molar-refractivity contribution in [3.63, 3.8) is 0 Å². The van der Waals surface area contributed by atoms with Crippen LogP contribution in [0.25, 0.3) is 21.9 Å². The summed E-state index contributed by atoms with van der Waals surface area (Å²) in [5.41, 5.74) is 6.62. The Labute approximate surface area is 163 Å². The van der Waals surface area contributed by atoms with Gasteiger partial charge in [-0.1, -0.05) is 110 Å². The van der Waals surface area contributed by atoms with E-state index in [0.717, 1.165) is 0 Å². The van der Waals surface area contributed by atoms with E-state index < -0.39 is 0 Å². The lowest BCUT2D eigenvalue weighted by Crippen LogP contribution is -1.85. The van der Waals surface area contributed by atoms with Crippen LogP contribution in [0.2, 0.25) is 0 Å². The molecular weight excluding hydrogens is 324 g/mol. The number of aryl methyl sites for hydroxylation is 2. The summed E-state index contributed by atoms with van der Waals surface area (Å²) in [6.45, 7) is 8.66. The van der Waals surface area contributed by atoms with E-state index in [2.05, 4.69) is 119 Å². The molecule has 0 heteroatoms. The molecule has 0 bridgehead atoms. The maximum atomic E-state index is 2.25. The molecule has 0 nitrogen and oxygen atoms in total. The van der Waals surface area contributed by atoms with Crippen LogP contribution in [0.3, 0.4) is 0 Å². The second-order valence-electron chi connectivity index (χ2n) is 7.49. The van der Waals surface area contributed by atoms with E-state index in [0.29, 0.717) is 5.92 Å². The zero-order chi connectivity index (χ0) is 19.2. The fourth-order valence-electron chi connectivity index (χ4n) is 3.07. The van der Waals surface area contributed by atoms with Crippen molar-refractivity contribution >= 4 is 10.8 Å². The summed E-state index contributed by atoms with van der Waals surface area (Å²) in [6.07, 6.45) is 0. The normalized spacial score (nSPS) is 10.6. The number of hydrogen-bond acceptors (Lipinski definition) is 0. The topological polar surface area (TPSA) is 0 Å². The van der Waals surface area contributed by atoms with Crippen LogP contribution in [0.5, 0.6) is 0 Å². The predicted molar refractivity (Wildman–Crippen MR) is 119 cm³/mol. The Bertz CT molecular complexity index is 990. The first-order valence-corrected chi connectivity index (χ1v) is 9.65. The van der Waals surface area contributed by atoms with E-state index in [9.17, 15) is 0 Å². The van der Waals surface area contributed by atoms with Crippen LogP contribution in [-0.4, -0.2) is 0 Å². The first-order valence-electron chi connectivity index (χ1n) is 9.65. The summed E-state index contributed by atoms with van der Waals surface area (Å²) >= 11 is 0. The van der Waals surface area contributed by atoms with E-state index in [1.807, 2.05) is 0 Å². The highest BCUT2D eigenvalue weighted by molar-refractivity contribution is 5.87. The quantitative estimate of drug-likeness (QED) is 0.343. The minimum atomic E-state index is 0.653. The average Bonchev–Trinajstić information content (AvgIpc) is 2.69. The van der Waals surface area contributed by atoms with E-state index >= 15 is 0 Å². The van der Waals surface area contributed by atoms with Crippen LogP contribution < -0.4 is 0 Å². The van der Waals surface area contributed by atoms with Crippen molar-refractivity contribution in [1.82, 2.24) is 0 Å². The van der Waals surface area contributed by atoms with Crippen molar-refractivity contribution in [2.75, 3.05) is 0 Å². The number of benzene rings is 4. The molecule has 0 saturated heterocycles. The fourth-order valence-corrected chi connectivity index (χ4v) is 3.07. The number of rotatable bonds is 2. The van der Waals surface area contributed by atoms with Crippen molar-refractivity contribution in [2.24, 2.45) is 0 Å². The average molecular weight is 353 g/mol. The smallest absolute Gasteiger partial charge is 0.0178 e. The second-order valence-corrected chi connectivity index (χ2v) is 7.49. The summed E-state index contributed by atoms with van der Waals surface area (Å²) in [5, 5.41) is 2.59. The van der Waals surface area contributed by atoms with Gasteiger partial charge in [0, 0.05) is 0 Å². The molecule has 4 rings (SSSR count). The van der Waals surface area contributed by atoms with Gasteiger partial charge >= 0.3 is 0 Å².